The lowest BCUT2D eigenvalue weighted by atomic mass is 9.96. The van der Waals surface area contributed by atoms with E-state index in [4.69, 9.17) is 14.2 Å². The quantitative estimate of drug-likeness (QED) is 0.595. The number of methoxy groups -OCH3 is 1. The number of rotatable bonds is 7. The molecule has 2 heterocycles. The summed E-state index contributed by atoms with van der Waals surface area (Å²) in [5, 5.41) is 0. The first-order chi connectivity index (χ1) is 16.4. The standard InChI is InChI=1S/C25H32N2O6S/c1-3-26(18-19-5-7-21(31-2)8-6-19)25(28)20-11-13-27(14-12-20)34(29,30)22-9-10-23-24(17-22)33-16-4-15-32-23/h5-10,17,20H,3-4,11-16,18H2,1-2H3. The normalized spacial score (nSPS) is 17.1. The second-order valence-corrected chi connectivity index (χ2v) is 10.5. The average molecular weight is 489 g/mol. The number of amides is 1. The molecule has 1 fully saturated rings. The Kier molecular flexibility index (Phi) is 7.63. The van der Waals surface area contributed by atoms with Crippen LogP contribution in [-0.4, -0.2) is 63.5 Å². The maximum atomic E-state index is 13.2. The molecule has 9 heteroatoms. The van der Waals surface area contributed by atoms with Crippen LogP contribution in [0.25, 0.3) is 0 Å². The maximum absolute atomic E-state index is 13.2. The van der Waals surface area contributed by atoms with E-state index in [9.17, 15) is 13.2 Å². The highest BCUT2D eigenvalue weighted by Crippen LogP contribution is 2.34. The third-order valence-corrected chi connectivity index (χ3v) is 8.28. The van der Waals surface area contributed by atoms with E-state index in [1.165, 1.54) is 4.31 Å². The number of ether oxygens (including phenoxy) is 3. The van der Waals surface area contributed by atoms with Crippen molar-refractivity contribution >= 4 is 15.9 Å². The van der Waals surface area contributed by atoms with Crippen LogP contribution < -0.4 is 14.2 Å². The molecular formula is C25H32N2O6S. The van der Waals surface area contributed by atoms with Crippen LogP contribution in [0, 0.1) is 5.92 Å². The summed E-state index contributed by atoms with van der Waals surface area (Å²) < 4.78 is 44.4. The van der Waals surface area contributed by atoms with Gasteiger partial charge < -0.3 is 19.1 Å². The van der Waals surface area contributed by atoms with Crippen LogP contribution in [0.2, 0.25) is 0 Å². The second kappa shape index (κ2) is 10.7. The summed E-state index contributed by atoms with van der Waals surface area (Å²) in [6.45, 7) is 4.75. The summed E-state index contributed by atoms with van der Waals surface area (Å²) in [5.41, 5.74) is 1.03. The Morgan fingerprint density at radius 1 is 1.06 bits per heavy atom. The number of fused-ring (bicyclic) bond motifs is 1. The lowest BCUT2D eigenvalue weighted by Gasteiger charge is -2.33. The van der Waals surface area contributed by atoms with Crippen LogP contribution in [0.15, 0.2) is 47.4 Å². The Hall–Kier alpha value is -2.78. The monoisotopic (exact) mass is 488 g/mol. The molecule has 0 radical (unpaired) electrons. The van der Waals surface area contributed by atoms with E-state index >= 15 is 0 Å². The number of hydrogen-bond acceptors (Lipinski definition) is 6. The molecule has 2 aromatic carbocycles. The van der Waals surface area contributed by atoms with Crippen LogP contribution in [0.5, 0.6) is 17.2 Å². The van der Waals surface area contributed by atoms with Crippen LogP contribution in [0.4, 0.5) is 0 Å². The fourth-order valence-electron chi connectivity index (χ4n) is 4.35. The number of hydrogen-bond donors (Lipinski definition) is 0. The molecule has 0 aliphatic carbocycles. The molecule has 0 saturated carbocycles. The first-order valence-corrected chi connectivity index (χ1v) is 13.2. The Labute approximate surface area is 201 Å². The zero-order valence-corrected chi connectivity index (χ0v) is 20.6. The Morgan fingerprint density at radius 3 is 2.38 bits per heavy atom. The van der Waals surface area contributed by atoms with E-state index < -0.39 is 10.0 Å². The first-order valence-electron chi connectivity index (χ1n) is 11.7. The number of carbonyl (C=O) groups is 1. The van der Waals surface area contributed by atoms with Crippen LogP contribution in [0.1, 0.15) is 31.7 Å². The predicted molar refractivity (Wildman–Crippen MR) is 128 cm³/mol. The van der Waals surface area contributed by atoms with Crippen LogP contribution in [-0.2, 0) is 21.4 Å². The number of sulfonamides is 1. The highest BCUT2D eigenvalue weighted by Gasteiger charge is 2.34. The Balaban J connectivity index is 1.38. The van der Waals surface area contributed by atoms with Crippen LogP contribution in [0.3, 0.4) is 0 Å². The van der Waals surface area contributed by atoms with Crippen LogP contribution >= 0.6 is 0 Å². The van der Waals surface area contributed by atoms with Gasteiger partial charge in [-0.05, 0) is 49.6 Å². The largest absolute Gasteiger partial charge is 0.497 e. The van der Waals surface area contributed by atoms with Crippen molar-refractivity contribution in [3.8, 4) is 17.2 Å². The van der Waals surface area contributed by atoms with E-state index in [0.29, 0.717) is 63.7 Å². The fourth-order valence-corrected chi connectivity index (χ4v) is 5.84. The van der Waals surface area contributed by atoms with Gasteiger partial charge in [0, 0.05) is 44.6 Å². The van der Waals surface area contributed by atoms with Crippen molar-refractivity contribution in [1.29, 1.82) is 0 Å². The second-order valence-electron chi connectivity index (χ2n) is 8.54. The topological polar surface area (TPSA) is 85.4 Å². The number of benzene rings is 2. The number of nitrogens with zero attached hydrogens (tertiary/aromatic N) is 2. The average Bonchev–Trinajstić information content (AvgIpc) is 3.12. The molecule has 34 heavy (non-hydrogen) atoms. The molecule has 4 rings (SSSR count). The van der Waals surface area contributed by atoms with E-state index in [1.807, 2.05) is 36.1 Å². The highest BCUT2D eigenvalue weighted by molar-refractivity contribution is 7.89. The zero-order valence-electron chi connectivity index (χ0n) is 19.7. The van der Waals surface area contributed by atoms with Gasteiger partial charge in [0.2, 0.25) is 15.9 Å². The summed E-state index contributed by atoms with van der Waals surface area (Å²) in [6, 6.07) is 12.4. The van der Waals surface area contributed by atoms with Crippen molar-refractivity contribution < 1.29 is 27.4 Å². The molecule has 1 saturated heterocycles. The summed E-state index contributed by atoms with van der Waals surface area (Å²) in [4.78, 5) is 15.2. The minimum Gasteiger partial charge on any atom is -0.497 e. The van der Waals surface area contributed by atoms with Gasteiger partial charge in [0.1, 0.15) is 5.75 Å². The number of piperidine rings is 1. The fraction of sp³-hybridized carbons (Fsp3) is 0.480. The number of carbonyl (C=O) groups excluding carboxylic acids is 1. The third kappa shape index (κ3) is 5.31. The lowest BCUT2D eigenvalue weighted by Crippen LogP contribution is -2.44. The molecule has 0 atom stereocenters. The molecule has 0 spiro atoms. The van der Waals surface area contributed by atoms with Crippen molar-refractivity contribution in [2.45, 2.75) is 37.6 Å². The van der Waals surface area contributed by atoms with Crippen molar-refractivity contribution in [1.82, 2.24) is 9.21 Å². The summed E-state index contributed by atoms with van der Waals surface area (Å²) in [6.07, 6.45) is 1.76. The lowest BCUT2D eigenvalue weighted by molar-refractivity contribution is -0.137. The van der Waals surface area contributed by atoms with Gasteiger partial charge >= 0.3 is 0 Å². The molecule has 184 valence electrons. The van der Waals surface area contributed by atoms with E-state index in [2.05, 4.69) is 0 Å². The zero-order chi connectivity index (χ0) is 24.1. The van der Waals surface area contributed by atoms with Crippen molar-refractivity contribution in [3.05, 3.63) is 48.0 Å². The molecule has 2 aromatic rings. The van der Waals surface area contributed by atoms with Gasteiger partial charge in [-0.15, -0.1) is 0 Å². The van der Waals surface area contributed by atoms with Crippen molar-refractivity contribution in [3.63, 3.8) is 0 Å². The van der Waals surface area contributed by atoms with Gasteiger partial charge in [-0.3, -0.25) is 4.79 Å². The first kappa shape index (κ1) is 24.3. The maximum Gasteiger partial charge on any atom is 0.243 e. The van der Waals surface area contributed by atoms with Gasteiger partial charge in [0.25, 0.3) is 0 Å². The molecule has 2 aliphatic heterocycles. The summed E-state index contributed by atoms with van der Waals surface area (Å²) in [5.74, 6) is 1.69. The molecule has 8 nitrogen and oxygen atoms in total. The minimum absolute atomic E-state index is 0.0749. The Morgan fingerprint density at radius 2 is 1.74 bits per heavy atom. The molecule has 0 unspecified atom stereocenters. The van der Waals surface area contributed by atoms with E-state index in [1.54, 1.807) is 25.3 Å². The van der Waals surface area contributed by atoms with Gasteiger partial charge in [-0.25, -0.2) is 8.42 Å². The van der Waals surface area contributed by atoms with Crippen molar-refractivity contribution in [2.75, 3.05) is 40.0 Å². The molecule has 1 amide bonds. The smallest absolute Gasteiger partial charge is 0.243 e. The molecule has 0 bridgehead atoms. The molecule has 0 aromatic heterocycles. The Bertz CT molecular complexity index is 1090. The van der Waals surface area contributed by atoms with Crippen molar-refractivity contribution in [2.24, 2.45) is 5.92 Å². The predicted octanol–water partition coefficient (Wildman–Crippen LogP) is 3.31. The van der Waals surface area contributed by atoms with Gasteiger partial charge in [-0.2, -0.15) is 4.31 Å². The highest BCUT2D eigenvalue weighted by atomic mass is 32.2. The van der Waals surface area contributed by atoms with Gasteiger partial charge in [0.15, 0.2) is 11.5 Å². The van der Waals surface area contributed by atoms with Gasteiger partial charge in [0.05, 0.1) is 25.2 Å². The SMILES string of the molecule is CCN(Cc1ccc(OC)cc1)C(=O)C1CCN(S(=O)(=O)c2ccc3c(c2)OCCCO3)CC1. The molecule has 0 N–H and O–H groups in total. The minimum atomic E-state index is -3.68. The molecule has 2 aliphatic rings. The third-order valence-electron chi connectivity index (χ3n) is 6.39. The van der Waals surface area contributed by atoms with E-state index in [0.717, 1.165) is 17.7 Å². The van der Waals surface area contributed by atoms with E-state index in [-0.39, 0.29) is 16.7 Å². The summed E-state index contributed by atoms with van der Waals surface area (Å²) in [7, 11) is -2.05. The summed E-state index contributed by atoms with van der Waals surface area (Å²) >= 11 is 0. The molecular weight excluding hydrogens is 456 g/mol. The van der Waals surface area contributed by atoms with Gasteiger partial charge in [-0.1, -0.05) is 12.1 Å².